The van der Waals surface area contributed by atoms with Crippen molar-refractivity contribution in [2.24, 2.45) is 0 Å². The number of benzene rings is 2. The van der Waals surface area contributed by atoms with Crippen molar-refractivity contribution in [2.45, 2.75) is 31.1 Å². The van der Waals surface area contributed by atoms with Gasteiger partial charge >= 0.3 is 0 Å². The van der Waals surface area contributed by atoms with Gasteiger partial charge in [-0.1, -0.05) is 43.2 Å². The molecule has 1 aliphatic rings. The van der Waals surface area contributed by atoms with Crippen LogP contribution < -0.4 is 5.32 Å². The summed E-state index contributed by atoms with van der Waals surface area (Å²) < 4.78 is 26.6. The van der Waals surface area contributed by atoms with E-state index in [0.717, 1.165) is 49.4 Å². The van der Waals surface area contributed by atoms with E-state index in [1.54, 1.807) is 0 Å². The first-order valence-corrected chi connectivity index (χ1v) is 7.43. The van der Waals surface area contributed by atoms with E-state index < -0.39 is 17.0 Å². The van der Waals surface area contributed by atoms with E-state index in [0.29, 0.717) is 0 Å². The molecule has 0 spiro atoms. The summed E-state index contributed by atoms with van der Waals surface area (Å²) in [5.74, 6) is -1.59. The fourth-order valence-corrected chi connectivity index (χ4v) is 3.26. The average Bonchev–Trinajstić information content (AvgIpc) is 2.98. The van der Waals surface area contributed by atoms with Gasteiger partial charge in [-0.3, -0.25) is 4.79 Å². The number of carbonyl (C=O) groups excluding carboxylic acids is 1. The van der Waals surface area contributed by atoms with Gasteiger partial charge in [-0.2, -0.15) is 0 Å². The second-order valence-electron chi connectivity index (χ2n) is 5.77. The van der Waals surface area contributed by atoms with Crippen molar-refractivity contribution in [3.63, 3.8) is 0 Å². The number of anilines is 1. The number of carbonyl (C=O) groups is 1. The minimum absolute atomic E-state index is 0.157. The van der Waals surface area contributed by atoms with Gasteiger partial charge in [0.2, 0.25) is 5.91 Å². The third-order valence-corrected chi connectivity index (χ3v) is 4.34. The first-order valence-electron chi connectivity index (χ1n) is 7.43. The third kappa shape index (κ3) is 2.73. The maximum atomic E-state index is 13.3. The first-order chi connectivity index (χ1) is 10.6. The highest BCUT2D eigenvalue weighted by molar-refractivity contribution is 5.99. The van der Waals surface area contributed by atoms with Gasteiger partial charge < -0.3 is 5.32 Å². The summed E-state index contributed by atoms with van der Waals surface area (Å²) in [5, 5.41) is 2.69. The molecule has 0 saturated heterocycles. The molecule has 114 valence electrons. The summed E-state index contributed by atoms with van der Waals surface area (Å²) in [6.07, 6.45) is 3.45. The molecule has 0 aromatic heterocycles. The van der Waals surface area contributed by atoms with Crippen LogP contribution in [0.25, 0.3) is 0 Å². The lowest BCUT2D eigenvalue weighted by molar-refractivity contribution is -0.121. The summed E-state index contributed by atoms with van der Waals surface area (Å²) in [7, 11) is 0. The zero-order valence-corrected chi connectivity index (χ0v) is 12.1. The SMILES string of the molecule is O=C(Nc1cc(F)cc(F)c1)C1(c2ccccc2)CCCC1. The molecule has 0 heterocycles. The maximum Gasteiger partial charge on any atom is 0.235 e. The van der Waals surface area contributed by atoms with Gasteiger partial charge in [0, 0.05) is 11.8 Å². The third-order valence-electron chi connectivity index (χ3n) is 4.34. The van der Waals surface area contributed by atoms with Gasteiger partial charge in [-0.15, -0.1) is 0 Å². The van der Waals surface area contributed by atoms with E-state index in [2.05, 4.69) is 5.32 Å². The molecule has 0 atom stereocenters. The monoisotopic (exact) mass is 301 g/mol. The van der Waals surface area contributed by atoms with Crippen LogP contribution in [0.4, 0.5) is 14.5 Å². The Hall–Kier alpha value is -2.23. The Morgan fingerprint density at radius 3 is 2.14 bits per heavy atom. The lowest BCUT2D eigenvalue weighted by Crippen LogP contribution is -2.38. The van der Waals surface area contributed by atoms with Gasteiger partial charge in [-0.25, -0.2) is 8.78 Å². The minimum atomic E-state index is -0.699. The normalized spacial score (nSPS) is 16.5. The first kappa shape index (κ1) is 14.7. The molecular formula is C18H17F2NO. The quantitative estimate of drug-likeness (QED) is 0.893. The van der Waals surface area contributed by atoms with E-state index in [9.17, 15) is 13.6 Å². The molecule has 0 bridgehead atoms. The smallest absolute Gasteiger partial charge is 0.235 e. The van der Waals surface area contributed by atoms with Crippen molar-refractivity contribution >= 4 is 11.6 Å². The Balaban J connectivity index is 1.91. The predicted molar refractivity (Wildman–Crippen MR) is 81.6 cm³/mol. The van der Waals surface area contributed by atoms with E-state index in [4.69, 9.17) is 0 Å². The second kappa shape index (κ2) is 5.87. The van der Waals surface area contributed by atoms with Crippen LogP contribution in [0, 0.1) is 11.6 Å². The molecular weight excluding hydrogens is 284 g/mol. The molecule has 2 aromatic rings. The van der Waals surface area contributed by atoms with Gasteiger partial charge in [0.05, 0.1) is 5.41 Å². The topological polar surface area (TPSA) is 29.1 Å². The molecule has 0 unspecified atom stereocenters. The van der Waals surface area contributed by atoms with Gasteiger partial charge in [0.15, 0.2) is 0 Å². The van der Waals surface area contributed by atoms with E-state index in [1.807, 2.05) is 30.3 Å². The van der Waals surface area contributed by atoms with Crippen molar-refractivity contribution in [3.05, 3.63) is 65.7 Å². The molecule has 1 saturated carbocycles. The molecule has 3 rings (SSSR count). The molecule has 1 N–H and O–H groups in total. The number of hydrogen-bond acceptors (Lipinski definition) is 1. The van der Waals surface area contributed by atoms with Crippen LogP contribution in [0.15, 0.2) is 48.5 Å². The highest BCUT2D eigenvalue weighted by Gasteiger charge is 2.42. The number of nitrogens with one attached hydrogen (secondary N) is 1. The Kier molecular flexibility index (Phi) is 3.92. The summed E-state index contributed by atoms with van der Waals surface area (Å²) in [4.78, 5) is 12.8. The van der Waals surface area contributed by atoms with Gasteiger partial charge in [0.25, 0.3) is 0 Å². The lowest BCUT2D eigenvalue weighted by Gasteiger charge is -2.28. The summed E-state index contributed by atoms with van der Waals surface area (Å²) in [5.41, 5.74) is 0.510. The molecule has 1 fully saturated rings. The van der Waals surface area contributed by atoms with Crippen LogP contribution in [-0.4, -0.2) is 5.91 Å². The van der Waals surface area contributed by atoms with Crippen molar-refractivity contribution in [1.29, 1.82) is 0 Å². The molecule has 0 aliphatic heterocycles. The Bertz CT molecular complexity index is 658. The van der Waals surface area contributed by atoms with E-state index >= 15 is 0 Å². The van der Waals surface area contributed by atoms with Crippen LogP contribution in [0.2, 0.25) is 0 Å². The van der Waals surface area contributed by atoms with Crippen LogP contribution in [0.3, 0.4) is 0 Å². The number of halogens is 2. The molecule has 1 amide bonds. The summed E-state index contributed by atoms with van der Waals surface area (Å²) >= 11 is 0. The molecule has 0 radical (unpaired) electrons. The summed E-state index contributed by atoms with van der Waals surface area (Å²) in [6, 6.07) is 12.7. The molecule has 2 nitrogen and oxygen atoms in total. The Morgan fingerprint density at radius 2 is 1.55 bits per heavy atom. The van der Waals surface area contributed by atoms with Crippen LogP contribution in [0.5, 0.6) is 0 Å². The fraction of sp³-hybridized carbons (Fsp3) is 0.278. The van der Waals surface area contributed by atoms with Gasteiger partial charge in [0.1, 0.15) is 11.6 Å². The van der Waals surface area contributed by atoms with Crippen molar-refractivity contribution < 1.29 is 13.6 Å². The number of amides is 1. The van der Waals surface area contributed by atoms with Crippen molar-refractivity contribution in [1.82, 2.24) is 0 Å². The predicted octanol–water partition coefficient (Wildman–Crippen LogP) is 4.42. The molecule has 1 aliphatic carbocycles. The average molecular weight is 301 g/mol. The standard InChI is InChI=1S/C18H17F2NO/c19-14-10-15(20)12-16(11-14)21-17(22)18(8-4-5-9-18)13-6-2-1-3-7-13/h1-3,6-7,10-12H,4-5,8-9H2,(H,21,22). The highest BCUT2D eigenvalue weighted by atomic mass is 19.1. The number of hydrogen-bond donors (Lipinski definition) is 1. The van der Waals surface area contributed by atoms with Gasteiger partial charge in [-0.05, 0) is 30.5 Å². The Morgan fingerprint density at radius 1 is 0.955 bits per heavy atom. The molecule has 4 heteroatoms. The summed E-state index contributed by atoms with van der Waals surface area (Å²) in [6.45, 7) is 0. The minimum Gasteiger partial charge on any atom is -0.325 e. The zero-order valence-electron chi connectivity index (χ0n) is 12.1. The van der Waals surface area contributed by atoms with Crippen LogP contribution in [-0.2, 0) is 10.2 Å². The number of rotatable bonds is 3. The van der Waals surface area contributed by atoms with Crippen LogP contribution >= 0.6 is 0 Å². The second-order valence-corrected chi connectivity index (χ2v) is 5.77. The lowest BCUT2D eigenvalue weighted by atomic mass is 9.78. The fourth-order valence-electron chi connectivity index (χ4n) is 3.26. The Labute approximate surface area is 128 Å². The van der Waals surface area contributed by atoms with Crippen molar-refractivity contribution in [3.8, 4) is 0 Å². The van der Waals surface area contributed by atoms with E-state index in [1.165, 1.54) is 0 Å². The molecule has 2 aromatic carbocycles. The van der Waals surface area contributed by atoms with Crippen LogP contribution in [0.1, 0.15) is 31.2 Å². The van der Waals surface area contributed by atoms with E-state index in [-0.39, 0.29) is 11.6 Å². The molecule has 22 heavy (non-hydrogen) atoms. The highest BCUT2D eigenvalue weighted by Crippen LogP contribution is 2.42. The largest absolute Gasteiger partial charge is 0.325 e. The zero-order chi connectivity index (χ0) is 15.6. The van der Waals surface area contributed by atoms with Crippen molar-refractivity contribution in [2.75, 3.05) is 5.32 Å². The maximum absolute atomic E-state index is 13.3.